The van der Waals surface area contributed by atoms with Crippen LogP contribution in [-0.4, -0.2) is 26.5 Å². The first-order chi connectivity index (χ1) is 7.91. The van der Waals surface area contributed by atoms with Crippen LogP contribution in [0.1, 0.15) is 25.8 Å². The number of aromatic nitrogens is 2. The third-order valence-electron chi connectivity index (χ3n) is 2.57. The molecule has 17 heavy (non-hydrogen) atoms. The third-order valence-corrected chi connectivity index (χ3v) is 2.57. The molecular formula is C11H17N3O3. The van der Waals surface area contributed by atoms with Crippen molar-refractivity contribution in [3.63, 3.8) is 0 Å². The van der Waals surface area contributed by atoms with Gasteiger partial charge >= 0.3 is 5.69 Å². The second-order valence-corrected chi connectivity index (χ2v) is 3.87. The van der Waals surface area contributed by atoms with Gasteiger partial charge in [0.2, 0.25) is 5.88 Å². The highest BCUT2D eigenvalue weighted by atomic mass is 16.3. The third kappa shape index (κ3) is 2.30. The molecule has 94 valence electrons. The van der Waals surface area contributed by atoms with E-state index in [0.717, 1.165) is 15.6 Å². The van der Waals surface area contributed by atoms with Crippen molar-refractivity contribution in [3.8, 4) is 5.88 Å². The van der Waals surface area contributed by atoms with Crippen LogP contribution in [-0.2, 0) is 14.1 Å². The second-order valence-electron chi connectivity index (χ2n) is 3.87. The van der Waals surface area contributed by atoms with E-state index in [1.807, 2.05) is 6.92 Å². The first-order valence-corrected chi connectivity index (χ1v) is 5.42. The average molecular weight is 239 g/mol. The van der Waals surface area contributed by atoms with Gasteiger partial charge in [-0.1, -0.05) is 6.92 Å². The summed E-state index contributed by atoms with van der Waals surface area (Å²) in [5, 5.41) is 9.82. The highest BCUT2D eigenvalue weighted by Crippen LogP contribution is 2.10. The van der Waals surface area contributed by atoms with Crippen LogP contribution in [0, 0.1) is 0 Å². The van der Waals surface area contributed by atoms with Crippen LogP contribution in [0.2, 0.25) is 0 Å². The van der Waals surface area contributed by atoms with Crippen LogP contribution in [0.5, 0.6) is 5.88 Å². The van der Waals surface area contributed by atoms with Gasteiger partial charge in [-0.05, 0) is 13.3 Å². The van der Waals surface area contributed by atoms with Crippen LogP contribution >= 0.6 is 0 Å². The van der Waals surface area contributed by atoms with Crippen molar-refractivity contribution < 1.29 is 5.11 Å². The number of hydrogen-bond donors (Lipinski definition) is 1. The fraction of sp³-hybridized carbons (Fsp3) is 0.545. The predicted octanol–water partition coefficient (Wildman–Crippen LogP) is 0.00860. The van der Waals surface area contributed by atoms with Crippen LogP contribution in [0.4, 0.5) is 0 Å². The topological polar surface area (TPSA) is 76.6 Å². The summed E-state index contributed by atoms with van der Waals surface area (Å²) in [4.78, 5) is 27.6. The summed E-state index contributed by atoms with van der Waals surface area (Å²) >= 11 is 0. The molecule has 0 spiro atoms. The maximum absolute atomic E-state index is 11.9. The minimum Gasteiger partial charge on any atom is -0.494 e. The van der Waals surface area contributed by atoms with Gasteiger partial charge in [-0.15, -0.1) is 0 Å². The minimum absolute atomic E-state index is 0.0862. The molecule has 0 bridgehead atoms. The van der Waals surface area contributed by atoms with E-state index in [4.69, 9.17) is 0 Å². The van der Waals surface area contributed by atoms with Crippen LogP contribution < -0.4 is 11.2 Å². The van der Waals surface area contributed by atoms with Gasteiger partial charge in [0.1, 0.15) is 5.56 Å². The van der Waals surface area contributed by atoms with E-state index in [0.29, 0.717) is 12.3 Å². The van der Waals surface area contributed by atoms with Crippen molar-refractivity contribution in [3.05, 3.63) is 26.4 Å². The van der Waals surface area contributed by atoms with Gasteiger partial charge in [-0.2, -0.15) is 0 Å². The predicted molar refractivity (Wildman–Crippen MR) is 66.0 cm³/mol. The van der Waals surface area contributed by atoms with Gasteiger partial charge in [0.05, 0.1) is 0 Å². The van der Waals surface area contributed by atoms with Crippen LogP contribution in [0.25, 0.3) is 0 Å². The lowest BCUT2D eigenvalue weighted by Gasteiger charge is -2.09. The van der Waals surface area contributed by atoms with E-state index in [1.165, 1.54) is 14.1 Å². The fourth-order valence-electron chi connectivity index (χ4n) is 1.51. The van der Waals surface area contributed by atoms with E-state index < -0.39 is 11.2 Å². The SMILES string of the molecule is CCCN=C(C)c1c(O)n(C)c(=O)n(C)c1=O. The Morgan fingerprint density at radius 2 is 1.88 bits per heavy atom. The molecule has 0 atom stereocenters. The monoisotopic (exact) mass is 239 g/mol. The van der Waals surface area contributed by atoms with Gasteiger partial charge in [0, 0.05) is 26.4 Å². The zero-order valence-corrected chi connectivity index (χ0v) is 10.5. The van der Waals surface area contributed by atoms with Gasteiger partial charge < -0.3 is 5.11 Å². The average Bonchev–Trinajstić information content (AvgIpc) is 2.31. The summed E-state index contributed by atoms with van der Waals surface area (Å²) in [6, 6.07) is 0. The summed E-state index contributed by atoms with van der Waals surface area (Å²) in [6.07, 6.45) is 0.851. The first kappa shape index (κ1) is 13.2. The largest absolute Gasteiger partial charge is 0.494 e. The Bertz CT molecular complexity index is 567. The number of nitrogens with zero attached hydrogens (tertiary/aromatic N) is 3. The molecule has 0 fully saturated rings. The molecule has 0 aliphatic carbocycles. The lowest BCUT2D eigenvalue weighted by Crippen LogP contribution is -2.39. The molecule has 1 rings (SSSR count). The van der Waals surface area contributed by atoms with Crippen LogP contribution in [0.15, 0.2) is 14.6 Å². The molecule has 0 amide bonds. The Kier molecular flexibility index (Phi) is 3.88. The zero-order valence-electron chi connectivity index (χ0n) is 10.5. The normalized spacial score (nSPS) is 11.9. The molecule has 1 aromatic heterocycles. The van der Waals surface area contributed by atoms with E-state index in [1.54, 1.807) is 6.92 Å². The van der Waals surface area contributed by atoms with Crippen molar-refractivity contribution in [2.45, 2.75) is 20.3 Å². The van der Waals surface area contributed by atoms with E-state index >= 15 is 0 Å². The summed E-state index contributed by atoms with van der Waals surface area (Å²) < 4.78 is 1.99. The summed E-state index contributed by atoms with van der Waals surface area (Å²) in [5.74, 6) is -0.338. The summed E-state index contributed by atoms with van der Waals surface area (Å²) in [6.45, 7) is 4.20. The molecule has 1 N–H and O–H groups in total. The minimum atomic E-state index is -0.556. The Labute approximate surface area is 98.9 Å². The van der Waals surface area contributed by atoms with Crippen molar-refractivity contribution in [1.82, 2.24) is 9.13 Å². The van der Waals surface area contributed by atoms with Gasteiger partial charge in [0.15, 0.2) is 0 Å². The molecule has 0 saturated heterocycles. The van der Waals surface area contributed by atoms with Crippen LogP contribution in [0.3, 0.4) is 0 Å². The Morgan fingerprint density at radius 3 is 2.41 bits per heavy atom. The molecule has 6 heteroatoms. The summed E-state index contributed by atoms with van der Waals surface area (Å²) in [5.41, 5.74) is -0.550. The molecule has 1 heterocycles. The van der Waals surface area contributed by atoms with E-state index in [-0.39, 0.29) is 11.4 Å². The molecule has 6 nitrogen and oxygen atoms in total. The van der Waals surface area contributed by atoms with Gasteiger partial charge in [-0.3, -0.25) is 18.9 Å². The van der Waals surface area contributed by atoms with Crippen molar-refractivity contribution in [2.24, 2.45) is 19.1 Å². The van der Waals surface area contributed by atoms with Gasteiger partial charge in [0.25, 0.3) is 5.56 Å². The summed E-state index contributed by atoms with van der Waals surface area (Å²) in [7, 11) is 2.79. The Morgan fingerprint density at radius 1 is 1.29 bits per heavy atom. The maximum atomic E-state index is 11.9. The lowest BCUT2D eigenvalue weighted by molar-refractivity contribution is 0.410. The molecule has 0 saturated carbocycles. The van der Waals surface area contributed by atoms with E-state index in [2.05, 4.69) is 4.99 Å². The first-order valence-electron chi connectivity index (χ1n) is 5.42. The fourth-order valence-corrected chi connectivity index (χ4v) is 1.51. The number of hydrogen-bond acceptors (Lipinski definition) is 4. The Hall–Kier alpha value is -1.85. The highest BCUT2D eigenvalue weighted by molar-refractivity contribution is 6.00. The van der Waals surface area contributed by atoms with Gasteiger partial charge in [-0.25, -0.2) is 4.79 Å². The highest BCUT2D eigenvalue weighted by Gasteiger charge is 2.16. The molecule has 0 aromatic carbocycles. The number of rotatable bonds is 3. The molecular weight excluding hydrogens is 222 g/mol. The number of aromatic hydroxyl groups is 1. The van der Waals surface area contributed by atoms with Crippen molar-refractivity contribution in [1.29, 1.82) is 0 Å². The molecule has 0 radical (unpaired) electrons. The molecule has 1 aromatic rings. The second kappa shape index (κ2) is 4.99. The Balaban J connectivity index is 3.56. The molecule has 0 unspecified atom stereocenters. The molecule has 0 aliphatic rings. The van der Waals surface area contributed by atoms with Crippen molar-refractivity contribution in [2.75, 3.05) is 6.54 Å². The lowest BCUT2D eigenvalue weighted by atomic mass is 10.2. The molecule has 0 aliphatic heterocycles. The maximum Gasteiger partial charge on any atom is 0.333 e. The smallest absolute Gasteiger partial charge is 0.333 e. The standard InChI is InChI=1S/C11H17N3O3/c1-5-6-12-7(2)8-9(15)13(3)11(17)14(4)10(8)16/h15H,5-6H2,1-4H3. The number of aliphatic imine (C=N–C) groups is 1. The zero-order chi connectivity index (χ0) is 13.2. The van der Waals surface area contributed by atoms with Crippen molar-refractivity contribution >= 4 is 5.71 Å². The quantitative estimate of drug-likeness (QED) is 0.755. The van der Waals surface area contributed by atoms with E-state index in [9.17, 15) is 14.7 Å².